The third-order valence-corrected chi connectivity index (χ3v) is 5.82. The van der Waals surface area contributed by atoms with Crippen molar-refractivity contribution < 1.29 is 4.74 Å². The van der Waals surface area contributed by atoms with Gasteiger partial charge in [-0.1, -0.05) is 13.8 Å². The average Bonchev–Trinajstić information content (AvgIpc) is 3.35. The minimum Gasteiger partial charge on any atom is -0.496 e. The summed E-state index contributed by atoms with van der Waals surface area (Å²) in [6.07, 6.45) is 4.17. The first-order chi connectivity index (χ1) is 13.5. The highest BCUT2D eigenvalue weighted by atomic mass is 32.1. The molecule has 0 aliphatic rings. The number of benzene rings is 1. The summed E-state index contributed by atoms with van der Waals surface area (Å²) in [7, 11) is 1.72. The van der Waals surface area contributed by atoms with Crippen LogP contribution in [0.2, 0.25) is 0 Å². The minimum atomic E-state index is 0.195. The van der Waals surface area contributed by atoms with Gasteiger partial charge in [-0.25, -0.2) is 4.98 Å². The summed E-state index contributed by atoms with van der Waals surface area (Å²) in [6, 6.07) is 6.31. The van der Waals surface area contributed by atoms with Crippen LogP contribution in [0.3, 0.4) is 0 Å². The monoisotopic (exact) mass is 399 g/mol. The molecule has 0 aliphatic carbocycles. The standard InChI is InChI=1S/C21H29N5OS/c1-14(2)21-22-18(13-28-21)9-7-6-8-16-12-17(10-11-19(16)27-5)20-23-25-26(24-20)15(3)4/h10-15H,6-9H2,1-5H3. The van der Waals surface area contributed by atoms with Crippen molar-refractivity contribution in [1.82, 2.24) is 25.2 Å². The van der Waals surface area contributed by atoms with E-state index in [2.05, 4.69) is 40.7 Å². The van der Waals surface area contributed by atoms with Crippen LogP contribution in [0, 0.1) is 0 Å². The Labute approximate surface area is 171 Å². The Morgan fingerprint density at radius 3 is 2.54 bits per heavy atom. The van der Waals surface area contributed by atoms with Crippen LogP contribution in [-0.2, 0) is 12.8 Å². The molecule has 0 aliphatic heterocycles. The summed E-state index contributed by atoms with van der Waals surface area (Å²) in [4.78, 5) is 6.36. The summed E-state index contributed by atoms with van der Waals surface area (Å²) in [5.41, 5.74) is 3.37. The van der Waals surface area contributed by atoms with Crippen molar-refractivity contribution in [3.63, 3.8) is 0 Å². The Morgan fingerprint density at radius 1 is 1.11 bits per heavy atom. The van der Waals surface area contributed by atoms with Gasteiger partial charge in [0.05, 0.1) is 23.9 Å². The lowest BCUT2D eigenvalue weighted by Crippen LogP contribution is -2.04. The number of hydrogen-bond acceptors (Lipinski definition) is 6. The number of rotatable bonds is 9. The molecule has 0 saturated heterocycles. The number of tetrazole rings is 1. The maximum atomic E-state index is 5.55. The van der Waals surface area contributed by atoms with Crippen molar-refractivity contribution in [2.24, 2.45) is 0 Å². The topological polar surface area (TPSA) is 65.7 Å². The molecule has 0 N–H and O–H groups in total. The zero-order chi connectivity index (χ0) is 20.1. The van der Waals surface area contributed by atoms with Crippen molar-refractivity contribution in [2.45, 2.75) is 65.3 Å². The SMILES string of the molecule is COc1ccc(-c2nnn(C(C)C)n2)cc1CCCCc1csc(C(C)C)n1. The molecule has 150 valence electrons. The first-order valence-corrected chi connectivity index (χ1v) is 10.8. The summed E-state index contributed by atoms with van der Waals surface area (Å²) >= 11 is 1.77. The second-order valence-corrected chi connectivity index (χ2v) is 8.48. The summed E-state index contributed by atoms with van der Waals surface area (Å²) in [5.74, 6) is 2.07. The Balaban J connectivity index is 1.63. The second-order valence-electron chi connectivity index (χ2n) is 7.59. The molecular formula is C21H29N5OS. The normalized spacial score (nSPS) is 11.5. The largest absolute Gasteiger partial charge is 0.496 e. The molecule has 0 fully saturated rings. The molecule has 2 aromatic heterocycles. The van der Waals surface area contributed by atoms with E-state index < -0.39 is 0 Å². The molecule has 3 rings (SSSR count). The first-order valence-electron chi connectivity index (χ1n) is 9.89. The number of nitrogens with zero attached hydrogens (tertiary/aromatic N) is 5. The van der Waals surface area contributed by atoms with E-state index in [0.717, 1.165) is 37.0 Å². The van der Waals surface area contributed by atoms with E-state index in [-0.39, 0.29) is 6.04 Å². The minimum absolute atomic E-state index is 0.195. The molecule has 1 aromatic carbocycles. The number of unbranched alkanes of at least 4 members (excludes halogenated alkanes) is 1. The molecule has 0 amide bonds. The summed E-state index contributed by atoms with van der Waals surface area (Å²) < 4.78 is 5.55. The molecule has 0 bridgehead atoms. The predicted molar refractivity (Wildman–Crippen MR) is 113 cm³/mol. The van der Waals surface area contributed by atoms with Gasteiger partial charge in [-0.05, 0) is 68.5 Å². The predicted octanol–water partition coefficient (Wildman–Crippen LogP) is 5.07. The van der Waals surface area contributed by atoms with Crippen molar-refractivity contribution in [3.8, 4) is 17.1 Å². The number of hydrogen-bond donors (Lipinski definition) is 0. The third kappa shape index (κ3) is 4.95. The van der Waals surface area contributed by atoms with Crippen LogP contribution >= 0.6 is 11.3 Å². The molecule has 0 spiro atoms. The zero-order valence-electron chi connectivity index (χ0n) is 17.3. The van der Waals surface area contributed by atoms with Gasteiger partial charge in [0.1, 0.15) is 5.75 Å². The van der Waals surface area contributed by atoms with Gasteiger partial charge in [-0.3, -0.25) is 0 Å². The van der Waals surface area contributed by atoms with E-state index in [9.17, 15) is 0 Å². The highest BCUT2D eigenvalue weighted by Crippen LogP contribution is 2.27. The molecule has 3 aromatic rings. The second kappa shape index (κ2) is 9.28. The smallest absolute Gasteiger partial charge is 0.204 e. The Bertz CT molecular complexity index is 900. The Kier molecular flexibility index (Phi) is 6.78. The van der Waals surface area contributed by atoms with E-state index in [0.29, 0.717) is 11.7 Å². The molecule has 28 heavy (non-hydrogen) atoms. The highest BCUT2D eigenvalue weighted by Gasteiger charge is 2.12. The fourth-order valence-electron chi connectivity index (χ4n) is 3.00. The zero-order valence-corrected chi connectivity index (χ0v) is 18.2. The number of aromatic nitrogens is 5. The quantitative estimate of drug-likeness (QED) is 0.470. The fourth-order valence-corrected chi connectivity index (χ4v) is 3.87. The maximum absolute atomic E-state index is 5.55. The lowest BCUT2D eigenvalue weighted by atomic mass is 10.0. The molecule has 6 nitrogen and oxygen atoms in total. The van der Waals surface area contributed by atoms with Crippen LogP contribution in [0.15, 0.2) is 23.6 Å². The van der Waals surface area contributed by atoms with Gasteiger partial charge in [0.25, 0.3) is 0 Å². The van der Waals surface area contributed by atoms with Crippen LogP contribution in [0.4, 0.5) is 0 Å². The van der Waals surface area contributed by atoms with E-state index in [1.807, 2.05) is 26.0 Å². The third-order valence-electron chi connectivity index (χ3n) is 4.62. The van der Waals surface area contributed by atoms with Gasteiger partial charge in [0.15, 0.2) is 0 Å². The average molecular weight is 400 g/mol. The van der Waals surface area contributed by atoms with Crippen molar-refractivity contribution >= 4 is 11.3 Å². The maximum Gasteiger partial charge on any atom is 0.204 e. The number of ether oxygens (including phenoxy) is 1. The molecule has 7 heteroatoms. The van der Waals surface area contributed by atoms with Crippen molar-refractivity contribution in [3.05, 3.63) is 39.8 Å². The molecule has 0 radical (unpaired) electrons. The molecule has 0 unspecified atom stereocenters. The number of thiazole rings is 1. The van der Waals surface area contributed by atoms with Gasteiger partial charge in [-0.15, -0.1) is 21.5 Å². The van der Waals surface area contributed by atoms with Gasteiger partial charge >= 0.3 is 0 Å². The Morgan fingerprint density at radius 2 is 1.89 bits per heavy atom. The number of aryl methyl sites for hydroxylation is 2. The Hall–Kier alpha value is -2.28. The summed E-state index contributed by atoms with van der Waals surface area (Å²) in [5, 5.41) is 16.2. The van der Waals surface area contributed by atoms with Crippen LogP contribution < -0.4 is 4.74 Å². The van der Waals surface area contributed by atoms with E-state index in [1.165, 1.54) is 16.3 Å². The summed E-state index contributed by atoms with van der Waals surface area (Å²) in [6.45, 7) is 8.46. The lowest BCUT2D eigenvalue weighted by molar-refractivity contribution is 0.409. The van der Waals surface area contributed by atoms with Crippen molar-refractivity contribution in [1.29, 1.82) is 0 Å². The van der Waals surface area contributed by atoms with Crippen molar-refractivity contribution in [2.75, 3.05) is 7.11 Å². The van der Waals surface area contributed by atoms with Crippen LogP contribution in [0.1, 0.15) is 68.8 Å². The van der Waals surface area contributed by atoms with Crippen LogP contribution in [0.25, 0.3) is 11.4 Å². The number of methoxy groups -OCH3 is 1. The van der Waals surface area contributed by atoms with Crippen LogP contribution in [-0.4, -0.2) is 32.3 Å². The molecule has 0 saturated carbocycles. The van der Waals surface area contributed by atoms with Crippen LogP contribution in [0.5, 0.6) is 5.75 Å². The first kappa shape index (κ1) is 20.5. The molecule has 2 heterocycles. The van der Waals surface area contributed by atoms with E-state index >= 15 is 0 Å². The fraction of sp³-hybridized carbons (Fsp3) is 0.524. The molecular weight excluding hydrogens is 370 g/mol. The van der Waals surface area contributed by atoms with Gasteiger partial charge in [0, 0.05) is 16.9 Å². The van der Waals surface area contributed by atoms with Gasteiger partial charge in [-0.2, -0.15) is 4.80 Å². The van der Waals surface area contributed by atoms with Gasteiger partial charge in [0.2, 0.25) is 5.82 Å². The molecule has 0 atom stereocenters. The van der Waals surface area contributed by atoms with E-state index in [4.69, 9.17) is 9.72 Å². The highest BCUT2D eigenvalue weighted by molar-refractivity contribution is 7.09. The van der Waals surface area contributed by atoms with Gasteiger partial charge < -0.3 is 4.74 Å². The lowest BCUT2D eigenvalue weighted by Gasteiger charge is -2.09. The van der Waals surface area contributed by atoms with E-state index in [1.54, 1.807) is 23.2 Å².